The number of hydrogen-bond acceptors (Lipinski definition) is 2. The molecule has 0 atom stereocenters. The quantitative estimate of drug-likeness (QED) is 0.389. The molecule has 0 radical (unpaired) electrons. The largest absolute Gasteiger partial charge is 0.411 e. The van der Waals surface area contributed by atoms with Crippen molar-refractivity contribution in [3.63, 3.8) is 0 Å². The zero-order valence-corrected chi connectivity index (χ0v) is 5.59. The van der Waals surface area contributed by atoms with Crippen molar-refractivity contribution in [2.75, 3.05) is 0 Å². The highest BCUT2D eigenvalue weighted by Gasteiger charge is 2.06. The average molecular weight is 125 g/mol. The zero-order chi connectivity index (χ0) is 6.69. The van der Waals surface area contributed by atoms with Gasteiger partial charge in [-0.1, -0.05) is 11.2 Å². The van der Waals surface area contributed by atoms with E-state index in [2.05, 4.69) is 11.2 Å². The summed E-state index contributed by atoms with van der Waals surface area (Å²) in [4.78, 5) is 0. The third-order valence-electron chi connectivity index (χ3n) is 1.64. The molecule has 0 amide bonds. The predicted octanol–water partition coefficient (Wildman–Crippen LogP) is 1.95. The number of hydrogen-bond donors (Lipinski definition) is 1. The van der Waals surface area contributed by atoms with Crippen LogP contribution in [0.2, 0.25) is 0 Å². The van der Waals surface area contributed by atoms with Crippen molar-refractivity contribution in [3.8, 4) is 0 Å². The Morgan fingerprint density at radius 1 is 1.67 bits per heavy atom. The lowest BCUT2D eigenvalue weighted by Crippen LogP contribution is -2.04. The Hall–Kier alpha value is -0.790. The van der Waals surface area contributed by atoms with Gasteiger partial charge >= 0.3 is 0 Å². The van der Waals surface area contributed by atoms with Crippen LogP contribution in [0.1, 0.15) is 26.2 Å². The standard InChI is InChI=1S/C7H11NO/c1-6-4-2-3-5-7(6)8-9/h4,9H,2-3,5H2,1H3/b8-7-. The van der Waals surface area contributed by atoms with Crippen LogP contribution in [-0.2, 0) is 0 Å². The first-order chi connectivity index (χ1) is 4.34. The SMILES string of the molecule is CC1=CCCC/C1=N/O. The minimum Gasteiger partial charge on any atom is -0.411 e. The van der Waals surface area contributed by atoms with E-state index in [0.717, 1.165) is 30.5 Å². The second-order valence-corrected chi connectivity index (χ2v) is 2.33. The van der Waals surface area contributed by atoms with Gasteiger partial charge < -0.3 is 5.21 Å². The lowest BCUT2D eigenvalue weighted by atomic mass is 9.99. The Labute approximate surface area is 54.9 Å². The zero-order valence-electron chi connectivity index (χ0n) is 5.59. The van der Waals surface area contributed by atoms with Crippen LogP contribution in [0.25, 0.3) is 0 Å². The minimum absolute atomic E-state index is 0.848. The highest BCUT2D eigenvalue weighted by molar-refractivity contribution is 5.99. The molecule has 0 saturated carbocycles. The summed E-state index contributed by atoms with van der Waals surface area (Å²) in [5, 5.41) is 11.6. The van der Waals surface area contributed by atoms with Gasteiger partial charge in [-0.25, -0.2) is 0 Å². The molecular weight excluding hydrogens is 114 g/mol. The Kier molecular flexibility index (Phi) is 1.88. The number of rotatable bonds is 0. The van der Waals surface area contributed by atoms with Crippen molar-refractivity contribution in [3.05, 3.63) is 11.6 Å². The molecule has 1 rings (SSSR count). The van der Waals surface area contributed by atoms with Crippen molar-refractivity contribution < 1.29 is 5.21 Å². The maximum absolute atomic E-state index is 8.41. The van der Waals surface area contributed by atoms with Gasteiger partial charge in [0.15, 0.2) is 0 Å². The summed E-state index contributed by atoms with van der Waals surface area (Å²) < 4.78 is 0. The molecule has 1 aliphatic carbocycles. The first-order valence-corrected chi connectivity index (χ1v) is 3.22. The first-order valence-electron chi connectivity index (χ1n) is 3.22. The van der Waals surface area contributed by atoms with E-state index >= 15 is 0 Å². The molecule has 2 heteroatoms. The van der Waals surface area contributed by atoms with Crippen molar-refractivity contribution >= 4 is 5.71 Å². The van der Waals surface area contributed by atoms with Gasteiger partial charge in [-0.05, 0) is 31.8 Å². The average Bonchev–Trinajstić information content (AvgIpc) is 1.89. The van der Waals surface area contributed by atoms with Gasteiger partial charge in [-0.3, -0.25) is 0 Å². The van der Waals surface area contributed by atoms with Crippen LogP contribution < -0.4 is 0 Å². The Morgan fingerprint density at radius 3 is 2.89 bits per heavy atom. The van der Waals surface area contributed by atoms with E-state index in [0.29, 0.717) is 0 Å². The van der Waals surface area contributed by atoms with E-state index in [9.17, 15) is 0 Å². The summed E-state index contributed by atoms with van der Waals surface area (Å²) in [6.07, 6.45) is 5.29. The van der Waals surface area contributed by atoms with E-state index in [1.807, 2.05) is 6.92 Å². The fourth-order valence-corrected chi connectivity index (χ4v) is 1.03. The molecule has 0 saturated heterocycles. The molecule has 0 spiro atoms. The molecule has 0 aliphatic heterocycles. The monoisotopic (exact) mass is 125 g/mol. The molecule has 50 valence electrons. The van der Waals surface area contributed by atoms with E-state index in [-0.39, 0.29) is 0 Å². The van der Waals surface area contributed by atoms with Gasteiger partial charge in [0.25, 0.3) is 0 Å². The van der Waals surface area contributed by atoms with Crippen molar-refractivity contribution in [2.24, 2.45) is 5.16 Å². The highest BCUT2D eigenvalue weighted by Crippen LogP contribution is 2.13. The van der Waals surface area contributed by atoms with Gasteiger partial charge in [0.2, 0.25) is 0 Å². The third-order valence-corrected chi connectivity index (χ3v) is 1.64. The molecule has 9 heavy (non-hydrogen) atoms. The van der Waals surface area contributed by atoms with Crippen molar-refractivity contribution in [1.82, 2.24) is 0 Å². The lowest BCUT2D eigenvalue weighted by molar-refractivity contribution is 0.317. The summed E-state index contributed by atoms with van der Waals surface area (Å²) in [5.41, 5.74) is 1.98. The normalized spacial score (nSPS) is 24.1. The van der Waals surface area contributed by atoms with Crippen molar-refractivity contribution in [2.45, 2.75) is 26.2 Å². The van der Waals surface area contributed by atoms with Gasteiger partial charge in [-0.2, -0.15) is 0 Å². The molecular formula is C7H11NO. The number of nitrogens with zero attached hydrogens (tertiary/aromatic N) is 1. The van der Waals surface area contributed by atoms with Crippen LogP contribution >= 0.6 is 0 Å². The predicted molar refractivity (Wildman–Crippen MR) is 36.8 cm³/mol. The maximum atomic E-state index is 8.41. The van der Waals surface area contributed by atoms with Crippen molar-refractivity contribution in [1.29, 1.82) is 0 Å². The highest BCUT2D eigenvalue weighted by atomic mass is 16.4. The van der Waals surface area contributed by atoms with Crippen LogP contribution in [-0.4, -0.2) is 10.9 Å². The van der Waals surface area contributed by atoms with Gasteiger partial charge in [0.1, 0.15) is 0 Å². The summed E-state index contributed by atoms with van der Waals surface area (Å²) in [5.74, 6) is 0. The van der Waals surface area contributed by atoms with Gasteiger partial charge in [0.05, 0.1) is 5.71 Å². The second kappa shape index (κ2) is 2.67. The first kappa shape index (κ1) is 6.33. The molecule has 1 aliphatic rings. The fraction of sp³-hybridized carbons (Fsp3) is 0.571. The lowest BCUT2D eigenvalue weighted by Gasteiger charge is -2.08. The molecule has 0 bridgehead atoms. The van der Waals surface area contributed by atoms with Gasteiger partial charge in [-0.15, -0.1) is 0 Å². The Morgan fingerprint density at radius 2 is 2.44 bits per heavy atom. The molecule has 0 heterocycles. The fourth-order valence-electron chi connectivity index (χ4n) is 1.03. The summed E-state index contributed by atoms with van der Waals surface area (Å²) >= 11 is 0. The molecule has 1 N–H and O–H groups in total. The van der Waals surface area contributed by atoms with Gasteiger partial charge in [0, 0.05) is 0 Å². The molecule has 0 aromatic rings. The third kappa shape index (κ3) is 1.31. The van der Waals surface area contributed by atoms with Crippen LogP contribution in [0.3, 0.4) is 0 Å². The van der Waals surface area contributed by atoms with Crippen LogP contribution in [0.15, 0.2) is 16.8 Å². The van der Waals surface area contributed by atoms with E-state index in [1.165, 1.54) is 0 Å². The summed E-state index contributed by atoms with van der Waals surface area (Å²) in [6, 6.07) is 0. The smallest absolute Gasteiger partial charge is 0.0821 e. The van der Waals surface area contributed by atoms with Crippen LogP contribution in [0, 0.1) is 0 Å². The molecule has 0 unspecified atom stereocenters. The molecule has 0 fully saturated rings. The Balaban J connectivity index is 2.73. The second-order valence-electron chi connectivity index (χ2n) is 2.33. The topological polar surface area (TPSA) is 32.6 Å². The number of allylic oxidation sites excluding steroid dienone is 2. The summed E-state index contributed by atoms with van der Waals surface area (Å²) in [7, 11) is 0. The Bertz CT molecular complexity index is 158. The van der Waals surface area contributed by atoms with Crippen LogP contribution in [0.5, 0.6) is 0 Å². The maximum Gasteiger partial charge on any atom is 0.0821 e. The summed E-state index contributed by atoms with van der Waals surface area (Å²) in [6.45, 7) is 1.98. The van der Waals surface area contributed by atoms with E-state index in [1.54, 1.807) is 0 Å². The minimum atomic E-state index is 0.848. The molecule has 2 nitrogen and oxygen atoms in total. The number of oxime groups is 1. The van der Waals surface area contributed by atoms with E-state index < -0.39 is 0 Å². The van der Waals surface area contributed by atoms with Crippen LogP contribution in [0.4, 0.5) is 0 Å². The molecule has 0 aromatic carbocycles. The molecule has 0 aromatic heterocycles. The van der Waals surface area contributed by atoms with E-state index in [4.69, 9.17) is 5.21 Å².